The van der Waals surface area contributed by atoms with E-state index in [1.165, 1.54) is 23.0 Å². The Labute approximate surface area is 154 Å². The summed E-state index contributed by atoms with van der Waals surface area (Å²) in [6.07, 6.45) is 7.91. The van der Waals surface area contributed by atoms with Crippen LogP contribution in [0.2, 0.25) is 0 Å². The fourth-order valence-electron chi connectivity index (χ4n) is 3.44. The summed E-state index contributed by atoms with van der Waals surface area (Å²) in [6.45, 7) is 0.807. The Kier molecular flexibility index (Phi) is 4.68. The number of aliphatic hydroxyl groups is 1. The molecule has 0 spiro atoms. The summed E-state index contributed by atoms with van der Waals surface area (Å²) in [4.78, 5) is 22.9. The number of nitrogens with zero attached hydrogens (tertiary/aromatic N) is 5. The first-order valence-electron chi connectivity index (χ1n) is 8.78. The number of amides is 1. The average Bonchev–Trinajstić information content (AvgIpc) is 3.32. The van der Waals surface area contributed by atoms with Crippen LogP contribution >= 0.6 is 0 Å². The van der Waals surface area contributed by atoms with Gasteiger partial charge in [0.25, 0.3) is 5.91 Å². The highest BCUT2D eigenvalue weighted by atomic mass is 19.1. The Bertz CT molecular complexity index is 975. The lowest BCUT2D eigenvalue weighted by Crippen LogP contribution is -2.27. The van der Waals surface area contributed by atoms with Gasteiger partial charge in [-0.25, -0.2) is 13.9 Å². The first-order valence-corrected chi connectivity index (χ1v) is 8.78. The van der Waals surface area contributed by atoms with E-state index in [0.717, 1.165) is 24.9 Å². The van der Waals surface area contributed by atoms with Crippen molar-refractivity contribution in [1.29, 1.82) is 0 Å². The Hall–Kier alpha value is -3.07. The second-order valence-electron chi connectivity index (χ2n) is 6.38. The molecular weight excluding hydrogens is 351 g/mol. The number of nitrogens with one attached hydrogen (secondary N) is 1. The van der Waals surface area contributed by atoms with Crippen LogP contribution in [0.25, 0.3) is 5.65 Å². The van der Waals surface area contributed by atoms with Crippen LogP contribution in [0.15, 0.2) is 36.9 Å². The van der Waals surface area contributed by atoms with Crippen molar-refractivity contribution in [1.82, 2.24) is 24.9 Å². The largest absolute Gasteiger partial charge is 0.395 e. The number of pyridine rings is 1. The number of hydrogen-bond acceptors (Lipinski definition) is 6. The fraction of sp³-hybridized carbons (Fsp3) is 0.333. The van der Waals surface area contributed by atoms with E-state index in [-0.39, 0.29) is 30.9 Å². The van der Waals surface area contributed by atoms with Crippen molar-refractivity contribution < 1.29 is 14.3 Å². The molecular formula is C18H19FN6O2. The van der Waals surface area contributed by atoms with Gasteiger partial charge in [0.05, 0.1) is 25.0 Å². The van der Waals surface area contributed by atoms with Crippen LogP contribution in [0, 0.1) is 5.82 Å². The molecule has 1 atom stereocenters. The molecule has 0 radical (unpaired) electrons. The highest BCUT2D eigenvalue weighted by molar-refractivity contribution is 5.99. The maximum atomic E-state index is 13.6. The van der Waals surface area contributed by atoms with E-state index in [0.29, 0.717) is 17.0 Å². The van der Waals surface area contributed by atoms with E-state index < -0.39 is 0 Å². The number of carbonyl (C=O) groups is 1. The van der Waals surface area contributed by atoms with Crippen molar-refractivity contribution in [3.63, 3.8) is 0 Å². The maximum absolute atomic E-state index is 13.6. The van der Waals surface area contributed by atoms with Crippen LogP contribution in [0.5, 0.6) is 0 Å². The molecule has 1 saturated heterocycles. The number of aromatic nitrogens is 4. The fourth-order valence-corrected chi connectivity index (χ4v) is 3.44. The highest BCUT2D eigenvalue weighted by Gasteiger charge is 2.28. The van der Waals surface area contributed by atoms with Gasteiger partial charge in [0.15, 0.2) is 5.65 Å². The molecule has 140 valence electrons. The van der Waals surface area contributed by atoms with Gasteiger partial charge in [0.1, 0.15) is 17.2 Å². The second-order valence-corrected chi connectivity index (χ2v) is 6.38. The summed E-state index contributed by atoms with van der Waals surface area (Å²) < 4.78 is 15.1. The third-order valence-electron chi connectivity index (χ3n) is 4.65. The van der Waals surface area contributed by atoms with Gasteiger partial charge in [-0.15, -0.1) is 0 Å². The van der Waals surface area contributed by atoms with Gasteiger partial charge < -0.3 is 15.3 Å². The molecule has 27 heavy (non-hydrogen) atoms. The van der Waals surface area contributed by atoms with Gasteiger partial charge in [-0.2, -0.15) is 5.10 Å². The monoisotopic (exact) mass is 370 g/mol. The molecule has 1 aliphatic rings. The van der Waals surface area contributed by atoms with Gasteiger partial charge >= 0.3 is 0 Å². The number of carbonyl (C=O) groups excluding carboxylic acids is 1. The average molecular weight is 370 g/mol. The molecule has 0 aliphatic carbocycles. The highest BCUT2D eigenvalue weighted by Crippen LogP contribution is 2.35. The van der Waals surface area contributed by atoms with E-state index in [9.17, 15) is 9.18 Å². The van der Waals surface area contributed by atoms with Crippen molar-refractivity contribution >= 4 is 17.4 Å². The minimum absolute atomic E-state index is 0.0160. The van der Waals surface area contributed by atoms with Gasteiger partial charge in [-0.1, -0.05) is 0 Å². The first-order chi connectivity index (χ1) is 13.2. The van der Waals surface area contributed by atoms with Gasteiger partial charge in [0, 0.05) is 25.5 Å². The lowest BCUT2D eigenvalue weighted by atomic mass is 10.1. The van der Waals surface area contributed by atoms with E-state index in [4.69, 9.17) is 5.11 Å². The lowest BCUT2D eigenvalue weighted by molar-refractivity contribution is 0.0946. The van der Waals surface area contributed by atoms with E-state index >= 15 is 0 Å². The van der Waals surface area contributed by atoms with Crippen molar-refractivity contribution in [3.8, 4) is 0 Å². The van der Waals surface area contributed by atoms with Gasteiger partial charge in [0.2, 0.25) is 0 Å². The molecule has 0 unspecified atom stereocenters. The number of halogens is 1. The van der Waals surface area contributed by atoms with Crippen LogP contribution in [0.3, 0.4) is 0 Å². The summed E-state index contributed by atoms with van der Waals surface area (Å²) in [5.74, 6) is 0.00311. The van der Waals surface area contributed by atoms with E-state index in [2.05, 4.69) is 25.3 Å². The molecule has 1 fully saturated rings. The first kappa shape index (κ1) is 17.3. The number of hydrogen-bond donors (Lipinski definition) is 2. The maximum Gasteiger partial charge on any atom is 0.256 e. The number of aliphatic hydroxyl groups excluding tert-OH is 1. The van der Waals surface area contributed by atoms with Crippen molar-refractivity contribution in [2.45, 2.75) is 18.9 Å². The van der Waals surface area contributed by atoms with Crippen LogP contribution in [-0.4, -0.2) is 50.3 Å². The molecule has 0 bridgehead atoms. The third-order valence-corrected chi connectivity index (χ3v) is 4.65. The van der Waals surface area contributed by atoms with Crippen LogP contribution in [0.1, 0.15) is 34.8 Å². The summed E-state index contributed by atoms with van der Waals surface area (Å²) >= 11 is 0. The van der Waals surface area contributed by atoms with Crippen molar-refractivity contribution in [2.75, 3.05) is 24.6 Å². The topological polar surface area (TPSA) is 95.6 Å². The summed E-state index contributed by atoms with van der Waals surface area (Å²) in [5, 5.41) is 15.6. The predicted molar refractivity (Wildman–Crippen MR) is 95.9 cm³/mol. The van der Waals surface area contributed by atoms with Crippen molar-refractivity contribution in [2.24, 2.45) is 0 Å². The Balaban J connectivity index is 1.67. The smallest absolute Gasteiger partial charge is 0.256 e. The van der Waals surface area contributed by atoms with Gasteiger partial charge in [-0.05, 0) is 30.5 Å². The normalized spacial score (nSPS) is 16.8. The molecule has 0 aromatic carbocycles. The third kappa shape index (κ3) is 3.33. The Morgan fingerprint density at radius 3 is 3.07 bits per heavy atom. The molecule has 3 aromatic rings. The Morgan fingerprint density at radius 2 is 2.26 bits per heavy atom. The number of rotatable bonds is 5. The SMILES string of the molecule is O=C(NCCO)c1cnn2ccc(N3CCC[C@@H]3c3cncc(F)c3)nc12. The second kappa shape index (κ2) is 7.28. The zero-order chi connectivity index (χ0) is 18.8. The molecule has 3 aromatic heterocycles. The minimum atomic E-state index is -0.360. The summed E-state index contributed by atoms with van der Waals surface area (Å²) in [6, 6.07) is 3.32. The number of fused-ring (bicyclic) bond motifs is 1. The van der Waals surface area contributed by atoms with Crippen LogP contribution in [0.4, 0.5) is 10.2 Å². The molecule has 2 N–H and O–H groups in total. The summed E-state index contributed by atoms with van der Waals surface area (Å²) in [5.41, 5.74) is 1.59. The standard InChI is InChI=1S/C18H19FN6O2/c19-13-8-12(9-20-10-13)15-2-1-5-24(15)16-3-6-25-17(23-16)14(11-22-25)18(27)21-4-7-26/h3,6,8-11,15,26H,1-2,4-5,7H2,(H,21,27)/t15-/m1/s1. The summed E-state index contributed by atoms with van der Waals surface area (Å²) in [7, 11) is 0. The van der Waals surface area contributed by atoms with E-state index in [1.807, 2.05) is 6.07 Å². The zero-order valence-corrected chi connectivity index (χ0v) is 14.5. The molecule has 4 heterocycles. The lowest BCUT2D eigenvalue weighted by Gasteiger charge is -2.26. The molecule has 8 nitrogen and oxygen atoms in total. The van der Waals surface area contributed by atoms with Gasteiger partial charge in [-0.3, -0.25) is 9.78 Å². The minimum Gasteiger partial charge on any atom is -0.395 e. The van der Waals surface area contributed by atoms with Crippen LogP contribution in [-0.2, 0) is 0 Å². The number of anilines is 1. The molecule has 9 heteroatoms. The molecule has 4 rings (SSSR count). The molecule has 0 saturated carbocycles. The Morgan fingerprint density at radius 1 is 1.37 bits per heavy atom. The van der Waals surface area contributed by atoms with Crippen LogP contribution < -0.4 is 10.2 Å². The van der Waals surface area contributed by atoms with E-state index in [1.54, 1.807) is 12.4 Å². The van der Waals surface area contributed by atoms with Crippen molar-refractivity contribution in [3.05, 3.63) is 53.9 Å². The zero-order valence-electron chi connectivity index (χ0n) is 14.5. The molecule has 1 aliphatic heterocycles. The quantitative estimate of drug-likeness (QED) is 0.703. The predicted octanol–water partition coefficient (Wildman–Crippen LogP) is 1.33. The molecule has 1 amide bonds.